The second-order valence-corrected chi connectivity index (χ2v) is 9.68. The van der Waals surface area contributed by atoms with E-state index in [0.717, 1.165) is 5.57 Å². The van der Waals surface area contributed by atoms with Gasteiger partial charge >= 0.3 is 11.9 Å². The Labute approximate surface area is 205 Å². The lowest BCUT2D eigenvalue weighted by molar-refractivity contribution is -0.143. The number of ether oxygens (including phenoxy) is 1. The van der Waals surface area contributed by atoms with E-state index in [-0.39, 0.29) is 34.0 Å². The van der Waals surface area contributed by atoms with Crippen molar-refractivity contribution in [3.8, 4) is 0 Å². The van der Waals surface area contributed by atoms with Gasteiger partial charge in [-0.3, -0.25) is 9.59 Å². The van der Waals surface area contributed by atoms with E-state index >= 15 is 0 Å². The highest BCUT2D eigenvalue weighted by Gasteiger charge is 2.35. The van der Waals surface area contributed by atoms with Crippen molar-refractivity contribution in [1.82, 2.24) is 10.2 Å². The molecule has 1 heterocycles. The number of nitrogens with zero attached hydrogens (tertiary/aromatic N) is 1. The summed E-state index contributed by atoms with van der Waals surface area (Å²) in [5.74, 6) is -1.60. The molecule has 0 bridgehead atoms. The molecule has 0 spiro atoms. The van der Waals surface area contributed by atoms with Gasteiger partial charge in [0.25, 0.3) is 0 Å². The fourth-order valence-electron chi connectivity index (χ4n) is 3.76. The van der Waals surface area contributed by atoms with Crippen molar-refractivity contribution in [3.63, 3.8) is 0 Å². The Morgan fingerprint density at radius 3 is 2.55 bits per heavy atom. The Kier molecular flexibility index (Phi) is 8.67. The van der Waals surface area contributed by atoms with Crippen molar-refractivity contribution < 1.29 is 29.0 Å². The maximum Gasteiger partial charge on any atom is 0.341 e. The number of amides is 2. The fraction of sp³-hybridized carbons (Fsp3) is 0.455. The zero-order valence-corrected chi connectivity index (χ0v) is 20.2. The molecule has 0 radical (unpaired) electrons. The number of hydrogen-bond acceptors (Lipinski definition) is 6. The third-order valence-electron chi connectivity index (χ3n) is 5.57. The SMILES string of the molecule is CC(=O)N1CSCC1C(=O)NC(CC1=CCC(OC(=O)c2c(Cl)cccc2Cl)CC1)C(=O)O. The molecule has 0 saturated carbocycles. The van der Waals surface area contributed by atoms with Crippen LogP contribution in [-0.2, 0) is 19.1 Å². The first-order valence-electron chi connectivity index (χ1n) is 10.4. The highest BCUT2D eigenvalue weighted by atomic mass is 35.5. The van der Waals surface area contributed by atoms with Crippen LogP contribution in [0.1, 0.15) is 43.0 Å². The van der Waals surface area contributed by atoms with Crippen LogP contribution in [0.2, 0.25) is 10.0 Å². The number of benzene rings is 1. The van der Waals surface area contributed by atoms with Gasteiger partial charge in [-0.15, -0.1) is 11.8 Å². The van der Waals surface area contributed by atoms with Crippen LogP contribution < -0.4 is 5.32 Å². The van der Waals surface area contributed by atoms with Crippen LogP contribution in [0, 0.1) is 0 Å². The minimum atomic E-state index is -1.15. The zero-order chi connectivity index (χ0) is 24.1. The average molecular weight is 515 g/mol. The lowest BCUT2D eigenvalue weighted by Crippen LogP contribution is -2.51. The number of carboxylic acid groups (broad SMARTS) is 1. The number of halogens is 2. The molecule has 2 amide bonds. The topological polar surface area (TPSA) is 113 Å². The van der Waals surface area contributed by atoms with Crippen molar-refractivity contribution in [1.29, 1.82) is 0 Å². The van der Waals surface area contributed by atoms with E-state index in [1.54, 1.807) is 18.2 Å². The Bertz CT molecular complexity index is 965. The molecule has 3 atom stereocenters. The summed E-state index contributed by atoms with van der Waals surface area (Å²) in [5.41, 5.74) is 0.976. The summed E-state index contributed by atoms with van der Waals surface area (Å²) >= 11 is 13.6. The molecule has 178 valence electrons. The molecule has 2 aliphatic rings. The summed E-state index contributed by atoms with van der Waals surface area (Å²) in [4.78, 5) is 49.9. The molecule has 1 aliphatic heterocycles. The molecule has 1 aromatic carbocycles. The molecule has 1 saturated heterocycles. The first-order chi connectivity index (χ1) is 15.7. The Morgan fingerprint density at radius 1 is 1.27 bits per heavy atom. The van der Waals surface area contributed by atoms with Gasteiger partial charge in [-0.25, -0.2) is 9.59 Å². The van der Waals surface area contributed by atoms with E-state index in [2.05, 4.69) is 5.32 Å². The lowest BCUT2D eigenvalue weighted by Gasteiger charge is -2.26. The van der Waals surface area contributed by atoms with Crippen LogP contribution in [0.15, 0.2) is 29.8 Å². The van der Waals surface area contributed by atoms with Crippen molar-refractivity contribution in [2.45, 2.75) is 50.8 Å². The van der Waals surface area contributed by atoms with Gasteiger partial charge in [0.1, 0.15) is 18.2 Å². The van der Waals surface area contributed by atoms with Crippen molar-refractivity contribution in [2.24, 2.45) is 0 Å². The molecule has 3 rings (SSSR count). The Morgan fingerprint density at radius 2 is 1.97 bits per heavy atom. The largest absolute Gasteiger partial charge is 0.480 e. The third-order valence-corrected chi connectivity index (χ3v) is 7.21. The monoisotopic (exact) mass is 514 g/mol. The van der Waals surface area contributed by atoms with Gasteiger partial charge in [-0.05, 0) is 31.4 Å². The number of aliphatic carboxylic acids is 1. The smallest absolute Gasteiger partial charge is 0.341 e. The number of thioether (sulfide) groups is 1. The number of carboxylic acids is 1. The predicted octanol–water partition coefficient (Wildman–Crippen LogP) is 3.51. The summed E-state index contributed by atoms with van der Waals surface area (Å²) in [5, 5.41) is 12.6. The Hall–Kier alpha value is -2.23. The molecule has 3 unspecified atom stereocenters. The summed E-state index contributed by atoms with van der Waals surface area (Å²) < 4.78 is 5.53. The van der Waals surface area contributed by atoms with Crippen molar-refractivity contribution >= 4 is 58.7 Å². The van der Waals surface area contributed by atoms with E-state index in [9.17, 15) is 24.3 Å². The number of rotatable bonds is 7. The van der Waals surface area contributed by atoms with E-state index in [1.807, 2.05) is 6.08 Å². The molecular formula is C22H24Cl2N2O6S. The summed E-state index contributed by atoms with van der Waals surface area (Å²) in [6.45, 7) is 1.39. The quantitative estimate of drug-likeness (QED) is 0.422. The fourth-order valence-corrected chi connectivity index (χ4v) is 5.53. The van der Waals surface area contributed by atoms with Gasteiger partial charge in [-0.1, -0.05) is 40.9 Å². The van der Waals surface area contributed by atoms with Crippen LogP contribution in [0.3, 0.4) is 0 Å². The van der Waals surface area contributed by atoms with E-state index in [1.165, 1.54) is 23.6 Å². The van der Waals surface area contributed by atoms with Crippen LogP contribution in [0.25, 0.3) is 0 Å². The predicted molar refractivity (Wildman–Crippen MR) is 125 cm³/mol. The molecule has 1 fully saturated rings. The molecule has 8 nitrogen and oxygen atoms in total. The molecule has 11 heteroatoms. The van der Waals surface area contributed by atoms with Crippen molar-refractivity contribution in [3.05, 3.63) is 45.5 Å². The number of nitrogens with one attached hydrogen (secondary N) is 1. The van der Waals surface area contributed by atoms with Gasteiger partial charge in [-0.2, -0.15) is 0 Å². The van der Waals surface area contributed by atoms with Crippen LogP contribution in [0.5, 0.6) is 0 Å². The standard InChI is InChI=1S/C22H24Cl2N2O6S/c1-12(27)26-11-33-10-18(26)20(28)25-17(21(29)30)9-13-5-7-14(8-6-13)32-22(31)19-15(23)3-2-4-16(19)24/h2-5,14,17-18H,6-11H2,1H3,(H,25,28)(H,29,30). The summed E-state index contributed by atoms with van der Waals surface area (Å²) in [7, 11) is 0. The van der Waals surface area contributed by atoms with Crippen LogP contribution in [-0.4, -0.2) is 63.6 Å². The van der Waals surface area contributed by atoms with Gasteiger partial charge < -0.3 is 20.1 Å². The summed E-state index contributed by atoms with van der Waals surface area (Å²) in [6.07, 6.45) is 3.04. The zero-order valence-electron chi connectivity index (χ0n) is 17.9. The van der Waals surface area contributed by atoms with E-state index in [4.69, 9.17) is 27.9 Å². The average Bonchev–Trinajstić information content (AvgIpc) is 3.25. The molecular weight excluding hydrogens is 491 g/mol. The summed E-state index contributed by atoms with van der Waals surface area (Å²) in [6, 6.07) is 2.98. The van der Waals surface area contributed by atoms with Crippen LogP contribution >= 0.6 is 35.0 Å². The highest BCUT2D eigenvalue weighted by Crippen LogP contribution is 2.29. The van der Waals surface area contributed by atoms with Crippen LogP contribution in [0.4, 0.5) is 0 Å². The number of carbonyl (C=O) groups is 4. The maximum absolute atomic E-state index is 12.6. The number of esters is 1. The number of hydrogen-bond donors (Lipinski definition) is 2. The highest BCUT2D eigenvalue weighted by molar-refractivity contribution is 7.99. The first kappa shape index (κ1) is 25.4. The minimum Gasteiger partial charge on any atom is -0.480 e. The van der Waals surface area contributed by atoms with Gasteiger partial charge in [0.05, 0.1) is 21.5 Å². The van der Waals surface area contributed by atoms with E-state index in [0.29, 0.717) is 30.9 Å². The van der Waals surface area contributed by atoms with Gasteiger partial charge in [0.2, 0.25) is 11.8 Å². The van der Waals surface area contributed by atoms with Gasteiger partial charge in [0, 0.05) is 19.1 Å². The maximum atomic E-state index is 12.6. The molecule has 2 N–H and O–H groups in total. The van der Waals surface area contributed by atoms with Gasteiger partial charge in [0.15, 0.2) is 0 Å². The second kappa shape index (κ2) is 11.3. The minimum absolute atomic E-state index is 0.119. The first-order valence-corrected chi connectivity index (χ1v) is 12.3. The molecule has 33 heavy (non-hydrogen) atoms. The normalized spacial score (nSPS) is 21.2. The lowest BCUT2D eigenvalue weighted by atomic mass is 9.92. The Balaban J connectivity index is 1.57. The van der Waals surface area contributed by atoms with Crippen molar-refractivity contribution in [2.75, 3.05) is 11.6 Å². The molecule has 0 aromatic heterocycles. The third kappa shape index (κ3) is 6.43. The molecule has 1 aliphatic carbocycles. The van der Waals surface area contributed by atoms with E-state index < -0.39 is 29.9 Å². The second-order valence-electron chi connectivity index (χ2n) is 7.87. The molecule has 1 aromatic rings. The number of carbonyl (C=O) groups excluding carboxylic acids is 3.